The molecule has 1 aromatic heterocycles. The third kappa shape index (κ3) is 4.50. The van der Waals surface area contributed by atoms with E-state index < -0.39 is 5.97 Å². The van der Waals surface area contributed by atoms with E-state index in [1.165, 1.54) is 11.3 Å². The highest BCUT2D eigenvalue weighted by atomic mass is 35.5. The number of carbonyl (C=O) groups excluding carboxylic acids is 2. The number of hydrogen-bond donors (Lipinski definition) is 1. The highest BCUT2D eigenvalue weighted by molar-refractivity contribution is 7.21. The van der Waals surface area contributed by atoms with E-state index in [1.54, 1.807) is 6.08 Å². The first kappa shape index (κ1) is 18.2. The van der Waals surface area contributed by atoms with Crippen molar-refractivity contribution >= 4 is 51.0 Å². The second-order valence-electron chi connectivity index (χ2n) is 5.42. The Kier molecular flexibility index (Phi) is 6.04. The van der Waals surface area contributed by atoms with Gasteiger partial charge in [-0.15, -0.1) is 11.3 Å². The third-order valence-corrected chi connectivity index (χ3v) is 5.26. The monoisotopic (exact) mass is 385 g/mol. The molecule has 0 fully saturated rings. The molecule has 0 spiro atoms. The number of fused-ring (bicyclic) bond motifs is 1. The van der Waals surface area contributed by atoms with Crippen molar-refractivity contribution in [1.82, 2.24) is 5.32 Å². The van der Waals surface area contributed by atoms with E-state index >= 15 is 0 Å². The van der Waals surface area contributed by atoms with Crippen LogP contribution in [-0.2, 0) is 9.53 Å². The first-order valence-corrected chi connectivity index (χ1v) is 9.17. The van der Waals surface area contributed by atoms with E-state index in [0.29, 0.717) is 9.90 Å². The Morgan fingerprint density at radius 2 is 1.81 bits per heavy atom. The van der Waals surface area contributed by atoms with Gasteiger partial charge in [0.2, 0.25) is 0 Å². The number of hydrogen-bond acceptors (Lipinski definition) is 4. The van der Waals surface area contributed by atoms with Crippen LogP contribution in [0.4, 0.5) is 0 Å². The van der Waals surface area contributed by atoms with Gasteiger partial charge in [-0.05, 0) is 17.7 Å². The maximum absolute atomic E-state index is 12.2. The van der Waals surface area contributed by atoms with Crippen LogP contribution in [-0.4, -0.2) is 25.0 Å². The van der Waals surface area contributed by atoms with Gasteiger partial charge >= 0.3 is 5.97 Å². The molecule has 0 atom stereocenters. The summed E-state index contributed by atoms with van der Waals surface area (Å²) >= 11 is 7.55. The molecule has 2 aromatic carbocycles. The minimum Gasteiger partial charge on any atom is -0.460 e. The van der Waals surface area contributed by atoms with Crippen LogP contribution in [0.25, 0.3) is 16.2 Å². The molecule has 3 aromatic rings. The number of rotatable bonds is 6. The summed E-state index contributed by atoms with van der Waals surface area (Å²) in [5.41, 5.74) is 1.02. The summed E-state index contributed by atoms with van der Waals surface area (Å²) < 4.78 is 6.00. The molecule has 0 radical (unpaired) electrons. The van der Waals surface area contributed by atoms with Gasteiger partial charge in [-0.25, -0.2) is 0 Å². The number of amides is 1. The average Bonchev–Trinajstić information content (AvgIpc) is 3.01. The fourth-order valence-electron chi connectivity index (χ4n) is 2.33. The van der Waals surface area contributed by atoms with Crippen molar-refractivity contribution in [2.24, 2.45) is 0 Å². The van der Waals surface area contributed by atoms with Gasteiger partial charge in [0.15, 0.2) is 0 Å². The van der Waals surface area contributed by atoms with Crippen LogP contribution in [0, 0.1) is 0 Å². The Hall–Kier alpha value is -2.63. The lowest BCUT2D eigenvalue weighted by Gasteiger charge is -2.04. The first-order valence-electron chi connectivity index (χ1n) is 7.97. The normalized spacial score (nSPS) is 11.0. The lowest BCUT2D eigenvalue weighted by Crippen LogP contribution is -2.30. The smallest absolute Gasteiger partial charge is 0.325 e. The fraction of sp³-hybridized carbons (Fsp3) is 0.100. The summed E-state index contributed by atoms with van der Waals surface area (Å²) in [5, 5.41) is 3.78. The maximum Gasteiger partial charge on any atom is 0.325 e. The zero-order valence-electron chi connectivity index (χ0n) is 13.8. The van der Waals surface area contributed by atoms with E-state index in [1.807, 2.05) is 60.7 Å². The van der Waals surface area contributed by atoms with Crippen molar-refractivity contribution in [3.05, 3.63) is 76.1 Å². The maximum atomic E-state index is 12.2. The molecule has 4 nitrogen and oxygen atoms in total. The van der Waals surface area contributed by atoms with Crippen LogP contribution in [0.15, 0.2) is 60.7 Å². The van der Waals surface area contributed by atoms with E-state index in [-0.39, 0.29) is 19.1 Å². The van der Waals surface area contributed by atoms with Gasteiger partial charge in [-0.3, -0.25) is 9.59 Å². The van der Waals surface area contributed by atoms with Crippen LogP contribution >= 0.6 is 22.9 Å². The minimum absolute atomic E-state index is 0.146. The molecular weight excluding hydrogens is 370 g/mol. The predicted molar refractivity (Wildman–Crippen MR) is 106 cm³/mol. The summed E-state index contributed by atoms with van der Waals surface area (Å²) in [6, 6.07) is 17.2. The molecule has 0 bridgehead atoms. The van der Waals surface area contributed by atoms with Crippen LogP contribution in [0.3, 0.4) is 0 Å². The summed E-state index contributed by atoms with van der Waals surface area (Å²) in [7, 11) is 0. The Morgan fingerprint density at radius 3 is 2.58 bits per heavy atom. The van der Waals surface area contributed by atoms with Gasteiger partial charge in [0.1, 0.15) is 18.0 Å². The van der Waals surface area contributed by atoms with Gasteiger partial charge in [0.25, 0.3) is 5.91 Å². The van der Waals surface area contributed by atoms with E-state index in [9.17, 15) is 9.59 Å². The molecule has 132 valence electrons. The molecule has 0 aliphatic carbocycles. The predicted octanol–water partition coefficient (Wildman–Crippen LogP) is 4.54. The van der Waals surface area contributed by atoms with Gasteiger partial charge < -0.3 is 10.1 Å². The SMILES string of the molecule is O=C(CNC(=O)c1sc2ccccc2c1Cl)OCC=Cc1ccccc1. The molecule has 0 aliphatic rings. The van der Waals surface area contributed by atoms with Crippen molar-refractivity contribution in [2.45, 2.75) is 0 Å². The largest absolute Gasteiger partial charge is 0.460 e. The zero-order chi connectivity index (χ0) is 18.4. The van der Waals surface area contributed by atoms with Crippen molar-refractivity contribution < 1.29 is 14.3 Å². The number of nitrogens with one attached hydrogen (secondary N) is 1. The Morgan fingerprint density at radius 1 is 1.08 bits per heavy atom. The molecular formula is C20H16ClNO3S. The first-order chi connectivity index (χ1) is 12.6. The molecule has 6 heteroatoms. The molecule has 0 saturated heterocycles. The average molecular weight is 386 g/mol. The molecule has 1 amide bonds. The number of benzene rings is 2. The Labute approximate surface area is 160 Å². The van der Waals surface area contributed by atoms with Crippen LogP contribution in [0.5, 0.6) is 0 Å². The Bertz CT molecular complexity index is 950. The quantitative estimate of drug-likeness (QED) is 0.634. The number of esters is 1. The van der Waals surface area contributed by atoms with Gasteiger partial charge in [0.05, 0.1) is 5.02 Å². The number of halogens is 1. The summed E-state index contributed by atoms with van der Waals surface area (Å²) in [4.78, 5) is 24.4. The van der Waals surface area contributed by atoms with Gasteiger partial charge in [-0.1, -0.05) is 66.2 Å². The van der Waals surface area contributed by atoms with Gasteiger partial charge in [-0.2, -0.15) is 0 Å². The highest BCUT2D eigenvalue weighted by Gasteiger charge is 2.17. The molecule has 0 aliphatic heterocycles. The topological polar surface area (TPSA) is 55.4 Å². The molecule has 3 rings (SSSR count). The summed E-state index contributed by atoms with van der Waals surface area (Å²) in [6.07, 6.45) is 3.61. The number of ether oxygens (including phenoxy) is 1. The van der Waals surface area contributed by atoms with Gasteiger partial charge in [0, 0.05) is 10.1 Å². The van der Waals surface area contributed by atoms with Crippen LogP contribution in [0.2, 0.25) is 5.02 Å². The standard InChI is InChI=1S/C20H16ClNO3S/c21-18-15-10-4-5-11-16(15)26-19(18)20(24)22-13-17(23)25-12-6-9-14-7-2-1-3-8-14/h1-11H,12-13H2,(H,22,24). The molecule has 1 N–H and O–H groups in total. The lowest BCUT2D eigenvalue weighted by atomic mass is 10.2. The number of carbonyl (C=O) groups is 2. The Balaban J connectivity index is 1.48. The number of thiophene rings is 1. The van der Waals surface area contributed by atoms with E-state index in [0.717, 1.165) is 15.6 Å². The van der Waals surface area contributed by atoms with Crippen molar-refractivity contribution in [1.29, 1.82) is 0 Å². The van der Waals surface area contributed by atoms with Crippen LogP contribution < -0.4 is 5.32 Å². The fourth-order valence-corrected chi connectivity index (χ4v) is 3.77. The second kappa shape index (κ2) is 8.65. The van der Waals surface area contributed by atoms with E-state index in [2.05, 4.69) is 5.32 Å². The van der Waals surface area contributed by atoms with Crippen molar-refractivity contribution in [3.8, 4) is 0 Å². The minimum atomic E-state index is -0.506. The summed E-state index contributed by atoms with van der Waals surface area (Å²) in [5.74, 6) is -0.888. The van der Waals surface area contributed by atoms with Crippen LogP contribution in [0.1, 0.15) is 15.2 Å². The molecule has 0 saturated carbocycles. The lowest BCUT2D eigenvalue weighted by molar-refractivity contribution is -0.141. The highest BCUT2D eigenvalue weighted by Crippen LogP contribution is 2.34. The summed E-state index contributed by atoms with van der Waals surface area (Å²) in [6.45, 7) is -0.0597. The molecule has 1 heterocycles. The third-order valence-electron chi connectivity index (χ3n) is 3.58. The van der Waals surface area contributed by atoms with E-state index in [4.69, 9.17) is 16.3 Å². The molecule has 0 unspecified atom stereocenters. The molecule has 26 heavy (non-hydrogen) atoms. The zero-order valence-corrected chi connectivity index (χ0v) is 15.3. The second-order valence-corrected chi connectivity index (χ2v) is 6.85. The van der Waals surface area contributed by atoms with Crippen molar-refractivity contribution in [2.75, 3.05) is 13.2 Å². The van der Waals surface area contributed by atoms with Crippen molar-refractivity contribution in [3.63, 3.8) is 0 Å².